The summed E-state index contributed by atoms with van der Waals surface area (Å²) >= 11 is 0. The van der Waals surface area contributed by atoms with Crippen LogP contribution in [0.1, 0.15) is 258 Å². The fraction of sp³-hybridized carbons (Fsp3) is 0.774. The van der Waals surface area contributed by atoms with Gasteiger partial charge in [0.1, 0.15) is 19.3 Å². The summed E-state index contributed by atoms with van der Waals surface area (Å²) in [5, 5.41) is 3.04. The highest BCUT2D eigenvalue weighted by atomic mass is 31.2. The van der Waals surface area contributed by atoms with E-state index in [2.05, 4.69) is 86.8 Å². The number of ether oxygens (including phenoxy) is 1. The average molecular weight is 1030 g/mol. The largest absolute Gasteiger partial charge is 0.472 e. The van der Waals surface area contributed by atoms with Crippen molar-refractivity contribution in [3.05, 3.63) is 72.9 Å². The summed E-state index contributed by atoms with van der Waals surface area (Å²) in [4.78, 5) is 37.7. The first-order valence-corrected chi connectivity index (χ1v) is 31.3. The van der Waals surface area contributed by atoms with E-state index in [0.29, 0.717) is 17.4 Å². The minimum absolute atomic E-state index is 0.0337. The van der Waals surface area contributed by atoms with Crippen molar-refractivity contribution in [2.45, 2.75) is 270 Å². The minimum Gasteiger partial charge on any atom is -0.456 e. The van der Waals surface area contributed by atoms with Gasteiger partial charge in [0.15, 0.2) is 0 Å². The van der Waals surface area contributed by atoms with Gasteiger partial charge in [0.25, 0.3) is 0 Å². The van der Waals surface area contributed by atoms with Crippen molar-refractivity contribution in [2.24, 2.45) is 0 Å². The maximum Gasteiger partial charge on any atom is 0.472 e. The Balaban J connectivity index is 5.37. The Morgan fingerprint density at radius 1 is 0.500 bits per heavy atom. The Hall–Kier alpha value is -2.55. The number of nitrogens with one attached hydrogen (secondary N) is 1. The van der Waals surface area contributed by atoms with Crippen LogP contribution in [0, 0.1) is 0 Å². The second kappa shape index (κ2) is 51.9. The first-order valence-electron chi connectivity index (χ1n) is 29.8. The Morgan fingerprint density at radius 3 is 1.36 bits per heavy atom. The molecule has 72 heavy (non-hydrogen) atoms. The lowest BCUT2D eigenvalue weighted by molar-refractivity contribution is -0.870. The summed E-state index contributed by atoms with van der Waals surface area (Å²) in [7, 11) is 1.48. The number of hydrogen-bond acceptors (Lipinski definition) is 6. The van der Waals surface area contributed by atoms with Crippen molar-refractivity contribution >= 4 is 19.7 Å². The van der Waals surface area contributed by atoms with E-state index in [1.54, 1.807) is 0 Å². The van der Waals surface area contributed by atoms with E-state index in [1.165, 1.54) is 116 Å². The number of quaternary nitrogens is 1. The molecule has 0 heterocycles. The van der Waals surface area contributed by atoms with Crippen LogP contribution in [0.2, 0.25) is 0 Å². The number of carbonyl (C=O) groups is 2. The topological polar surface area (TPSA) is 111 Å². The van der Waals surface area contributed by atoms with Gasteiger partial charge in [-0.2, -0.15) is 0 Å². The van der Waals surface area contributed by atoms with Crippen molar-refractivity contribution in [2.75, 3.05) is 40.9 Å². The molecule has 3 unspecified atom stereocenters. The molecular weight excluding hydrogens is 916 g/mol. The first-order chi connectivity index (χ1) is 34.9. The van der Waals surface area contributed by atoms with Gasteiger partial charge in [0, 0.05) is 12.8 Å². The first kappa shape index (κ1) is 69.5. The van der Waals surface area contributed by atoms with Gasteiger partial charge >= 0.3 is 13.8 Å². The predicted molar refractivity (Wildman–Crippen MR) is 309 cm³/mol. The molecule has 0 aliphatic rings. The number of esters is 1. The lowest BCUT2D eigenvalue weighted by Crippen LogP contribution is -2.47. The van der Waals surface area contributed by atoms with Crippen LogP contribution in [0.4, 0.5) is 0 Å². The molecule has 0 aromatic carbocycles. The molecule has 10 heteroatoms. The third-order valence-corrected chi connectivity index (χ3v) is 13.9. The second-order valence-corrected chi connectivity index (χ2v) is 22.6. The van der Waals surface area contributed by atoms with Crippen LogP contribution < -0.4 is 5.32 Å². The molecule has 0 rings (SSSR count). The third kappa shape index (κ3) is 52.3. The number of rotatable bonds is 53. The van der Waals surface area contributed by atoms with Crippen LogP contribution in [0.25, 0.3) is 0 Å². The summed E-state index contributed by atoms with van der Waals surface area (Å²) in [5.74, 6) is -0.528. The highest BCUT2D eigenvalue weighted by Crippen LogP contribution is 2.43. The van der Waals surface area contributed by atoms with E-state index in [9.17, 15) is 19.0 Å². The lowest BCUT2D eigenvalue weighted by Gasteiger charge is -2.27. The van der Waals surface area contributed by atoms with Gasteiger partial charge in [0.05, 0.1) is 33.8 Å². The van der Waals surface area contributed by atoms with Gasteiger partial charge in [-0.3, -0.25) is 18.6 Å². The molecule has 0 saturated heterocycles. The number of unbranched alkanes of at least 4 members (excludes halogenated alkanes) is 27. The van der Waals surface area contributed by atoms with E-state index in [4.69, 9.17) is 13.8 Å². The van der Waals surface area contributed by atoms with Crippen molar-refractivity contribution < 1.29 is 37.3 Å². The molecule has 3 atom stereocenters. The molecule has 0 aliphatic heterocycles. The molecule has 1 amide bonds. The average Bonchev–Trinajstić information content (AvgIpc) is 3.34. The molecule has 0 saturated carbocycles. The van der Waals surface area contributed by atoms with Gasteiger partial charge in [0.2, 0.25) is 5.91 Å². The minimum atomic E-state index is -4.45. The molecule has 0 aromatic heterocycles. The van der Waals surface area contributed by atoms with Crippen LogP contribution in [-0.4, -0.2) is 74.3 Å². The van der Waals surface area contributed by atoms with E-state index in [1.807, 2.05) is 33.3 Å². The number of likely N-dealkylation sites (N-methyl/N-ethyl adjacent to an activating group) is 1. The van der Waals surface area contributed by atoms with E-state index >= 15 is 0 Å². The van der Waals surface area contributed by atoms with Gasteiger partial charge in [-0.1, -0.05) is 222 Å². The number of hydrogen-bond donors (Lipinski definition) is 2. The summed E-state index contributed by atoms with van der Waals surface area (Å²) < 4.78 is 30.7. The SMILES string of the molecule is CC/C=C/C/C=C/C/C=C/CCCCCCCCC(=O)NC(COP(=O)(O)OCC[N+](C)(C)C)C(/C=C/CCCCCCCCCCCCC)OC(=O)CCCCCCCCC/C=C\C/C=C\CCCCC. The Labute approximate surface area is 444 Å². The van der Waals surface area contributed by atoms with Gasteiger partial charge in [-0.25, -0.2) is 4.57 Å². The summed E-state index contributed by atoms with van der Waals surface area (Å²) in [5.41, 5.74) is 0. The molecular formula is C62H114N2O7P+. The number of phosphoric ester groups is 1. The molecule has 0 aliphatic carbocycles. The highest BCUT2D eigenvalue weighted by molar-refractivity contribution is 7.47. The van der Waals surface area contributed by atoms with Crippen molar-refractivity contribution in [1.29, 1.82) is 0 Å². The zero-order chi connectivity index (χ0) is 52.9. The van der Waals surface area contributed by atoms with E-state index in [-0.39, 0.29) is 31.5 Å². The molecule has 0 fully saturated rings. The van der Waals surface area contributed by atoms with Gasteiger partial charge < -0.3 is 19.4 Å². The predicted octanol–water partition coefficient (Wildman–Crippen LogP) is 18.1. The zero-order valence-corrected chi connectivity index (χ0v) is 48.6. The number of carbonyl (C=O) groups excluding carboxylic acids is 2. The number of phosphoric acid groups is 1. The maximum atomic E-state index is 13.5. The molecule has 418 valence electrons. The summed E-state index contributed by atoms with van der Waals surface area (Å²) in [6.07, 6.45) is 66.0. The third-order valence-electron chi connectivity index (χ3n) is 12.9. The van der Waals surface area contributed by atoms with Crippen LogP contribution in [0.5, 0.6) is 0 Å². The van der Waals surface area contributed by atoms with Gasteiger partial charge in [-0.15, -0.1) is 0 Å². The molecule has 2 N–H and O–H groups in total. The Bertz CT molecular complexity index is 1460. The molecule has 0 spiro atoms. The zero-order valence-electron chi connectivity index (χ0n) is 47.7. The summed E-state index contributed by atoms with van der Waals surface area (Å²) in [6.45, 7) is 6.86. The summed E-state index contributed by atoms with van der Waals surface area (Å²) in [6, 6.07) is -0.860. The molecule has 0 bridgehead atoms. The molecule has 0 aromatic rings. The fourth-order valence-corrected chi connectivity index (χ4v) is 9.01. The monoisotopic (exact) mass is 1030 g/mol. The van der Waals surface area contributed by atoms with Crippen LogP contribution in [0.3, 0.4) is 0 Å². The van der Waals surface area contributed by atoms with Crippen LogP contribution in [0.15, 0.2) is 72.9 Å². The second-order valence-electron chi connectivity index (χ2n) is 21.1. The molecule has 9 nitrogen and oxygen atoms in total. The van der Waals surface area contributed by atoms with Crippen molar-refractivity contribution in [3.63, 3.8) is 0 Å². The maximum absolute atomic E-state index is 13.5. The Kier molecular flexibility index (Phi) is 50.1. The highest BCUT2D eigenvalue weighted by Gasteiger charge is 2.30. The van der Waals surface area contributed by atoms with E-state index in [0.717, 1.165) is 109 Å². The van der Waals surface area contributed by atoms with Crippen molar-refractivity contribution in [3.8, 4) is 0 Å². The lowest BCUT2D eigenvalue weighted by atomic mass is 10.0. The standard InChI is InChI=1S/C62H113N2O7P/c1-7-10-13-16-19-22-25-28-30-32-34-37-40-43-46-49-52-55-62(66)71-60(53-50-47-44-41-38-35-27-24-21-18-15-12-9-3)59(58-70-72(67,68)69-57-56-64(4,5)6)63-61(65)54-51-48-45-42-39-36-33-31-29-26-23-20-17-14-11-8-2/h11,14,19-20,22-23,28-31,50,53,59-60H,7-10,12-13,15-18,21,24-27,32-49,51-52,54-58H2,1-6H3,(H-,63,65,67,68)/p+1/b14-11+,22-19-,23-20+,30-28-,31-29+,53-50+. The normalized spacial score (nSPS) is 14.3. The smallest absolute Gasteiger partial charge is 0.456 e. The van der Waals surface area contributed by atoms with E-state index < -0.39 is 20.0 Å². The molecule has 0 radical (unpaired) electrons. The quantitative estimate of drug-likeness (QED) is 0.0205. The van der Waals surface area contributed by atoms with Crippen molar-refractivity contribution in [1.82, 2.24) is 5.32 Å². The van der Waals surface area contributed by atoms with Crippen LogP contribution >= 0.6 is 7.82 Å². The number of allylic oxidation sites excluding steroid dienone is 11. The number of nitrogens with zero attached hydrogens (tertiary/aromatic N) is 1. The fourth-order valence-electron chi connectivity index (χ4n) is 8.28. The Morgan fingerprint density at radius 2 is 0.889 bits per heavy atom. The number of amides is 1. The van der Waals surface area contributed by atoms with Gasteiger partial charge in [-0.05, 0) is 96.0 Å². The van der Waals surface area contributed by atoms with Crippen LogP contribution in [-0.2, 0) is 27.9 Å².